The molecule has 0 saturated carbocycles. The van der Waals surface area contributed by atoms with Crippen LogP contribution in [-0.2, 0) is 29.0 Å². The van der Waals surface area contributed by atoms with Crippen molar-refractivity contribution in [3.8, 4) is 0 Å². The molecule has 0 spiro atoms. The molecule has 0 aliphatic rings. The highest BCUT2D eigenvalue weighted by Crippen LogP contribution is 2.17. The van der Waals surface area contributed by atoms with Crippen molar-refractivity contribution in [2.45, 2.75) is 39.2 Å². The topological polar surface area (TPSA) is 76.0 Å². The van der Waals surface area contributed by atoms with Crippen LogP contribution in [0.5, 0.6) is 0 Å². The second-order valence-electron chi connectivity index (χ2n) is 6.61. The van der Waals surface area contributed by atoms with Gasteiger partial charge in [-0.2, -0.15) is 0 Å². The van der Waals surface area contributed by atoms with Gasteiger partial charge in [-0.1, -0.05) is 49.2 Å². The van der Waals surface area contributed by atoms with E-state index in [0.717, 1.165) is 41.7 Å². The van der Waals surface area contributed by atoms with Gasteiger partial charge in [0.25, 0.3) is 5.91 Å². The van der Waals surface area contributed by atoms with Gasteiger partial charge in [0.2, 0.25) is 5.91 Å². The van der Waals surface area contributed by atoms with Crippen LogP contribution in [0, 0.1) is 0 Å². The Kier molecular flexibility index (Phi) is 6.66. The van der Waals surface area contributed by atoms with Crippen molar-refractivity contribution in [3.63, 3.8) is 0 Å². The third kappa shape index (κ3) is 5.10. The fraction of sp³-hybridized carbons (Fsp3) is 0.286. The Hall–Kier alpha value is -2.86. The van der Waals surface area contributed by atoms with Crippen LogP contribution in [0.15, 0.2) is 48.5 Å². The first kappa shape index (κ1) is 19.9. The standard InChI is InChI=1S/C21H23ClN4O2/c1-2-3-8-19-23-17-6-4-5-7-18(17)26(19)14-21(28)25-24-20(27)13-15-9-11-16(22)12-10-15/h4-7,9-12H,2-3,8,13-14H2,1H3,(H,24,27)(H,25,28). The number of unbranched alkanes of at least 4 members (excludes halogenated alkanes) is 1. The Morgan fingerprint density at radius 3 is 2.50 bits per heavy atom. The quantitative estimate of drug-likeness (QED) is 0.599. The Morgan fingerprint density at radius 1 is 1.04 bits per heavy atom. The average molecular weight is 399 g/mol. The molecule has 0 radical (unpaired) electrons. The number of aromatic nitrogens is 2. The third-order valence-corrected chi connectivity index (χ3v) is 4.66. The average Bonchev–Trinajstić information content (AvgIpc) is 3.04. The molecule has 146 valence electrons. The maximum atomic E-state index is 12.4. The molecular weight excluding hydrogens is 376 g/mol. The lowest BCUT2D eigenvalue weighted by Crippen LogP contribution is -2.44. The summed E-state index contributed by atoms with van der Waals surface area (Å²) >= 11 is 5.84. The highest BCUT2D eigenvalue weighted by atomic mass is 35.5. The van der Waals surface area contributed by atoms with Gasteiger partial charge < -0.3 is 4.57 Å². The van der Waals surface area contributed by atoms with Crippen LogP contribution in [-0.4, -0.2) is 21.4 Å². The van der Waals surface area contributed by atoms with E-state index in [4.69, 9.17) is 11.6 Å². The molecule has 0 aliphatic heterocycles. The van der Waals surface area contributed by atoms with E-state index < -0.39 is 0 Å². The Morgan fingerprint density at radius 2 is 1.75 bits per heavy atom. The number of carbonyl (C=O) groups excluding carboxylic acids is 2. The summed E-state index contributed by atoms with van der Waals surface area (Å²) < 4.78 is 1.91. The fourth-order valence-electron chi connectivity index (χ4n) is 2.98. The predicted octanol–water partition coefficient (Wildman–Crippen LogP) is 3.42. The number of rotatable bonds is 7. The Balaban J connectivity index is 1.61. The lowest BCUT2D eigenvalue weighted by atomic mass is 10.1. The fourth-order valence-corrected chi connectivity index (χ4v) is 3.11. The van der Waals surface area contributed by atoms with Gasteiger partial charge in [0.15, 0.2) is 0 Å². The SMILES string of the molecule is CCCCc1nc2ccccc2n1CC(=O)NNC(=O)Cc1ccc(Cl)cc1. The van der Waals surface area contributed by atoms with Crippen molar-refractivity contribution in [2.24, 2.45) is 0 Å². The number of aryl methyl sites for hydroxylation is 1. The van der Waals surface area contributed by atoms with Crippen molar-refractivity contribution < 1.29 is 9.59 Å². The molecular formula is C21H23ClN4O2. The molecule has 1 aromatic heterocycles. The largest absolute Gasteiger partial charge is 0.318 e. The maximum Gasteiger partial charge on any atom is 0.258 e. The van der Waals surface area contributed by atoms with Crippen LogP contribution >= 0.6 is 11.6 Å². The number of hydrogen-bond donors (Lipinski definition) is 2. The molecule has 0 aliphatic carbocycles. The lowest BCUT2D eigenvalue weighted by Gasteiger charge is -2.11. The molecule has 2 aromatic carbocycles. The van der Waals surface area contributed by atoms with Crippen molar-refractivity contribution in [1.29, 1.82) is 0 Å². The molecule has 0 fully saturated rings. The van der Waals surface area contributed by atoms with E-state index in [0.29, 0.717) is 5.02 Å². The number of imidazole rings is 1. The molecule has 3 aromatic rings. The summed E-state index contributed by atoms with van der Waals surface area (Å²) in [5.74, 6) is 0.286. The number of carbonyl (C=O) groups is 2. The zero-order chi connectivity index (χ0) is 19.9. The zero-order valence-corrected chi connectivity index (χ0v) is 16.5. The maximum absolute atomic E-state index is 12.4. The van der Waals surface area contributed by atoms with E-state index in [9.17, 15) is 9.59 Å². The lowest BCUT2D eigenvalue weighted by molar-refractivity contribution is -0.128. The van der Waals surface area contributed by atoms with E-state index in [1.165, 1.54) is 0 Å². The Bertz CT molecular complexity index is 966. The number of para-hydroxylation sites is 2. The first-order valence-corrected chi connectivity index (χ1v) is 9.71. The molecule has 28 heavy (non-hydrogen) atoms. The molecule has 1 heterocycles. The van der Waals surface area contributed by atoms with Crippen molar-refractivity contribution >= 4 is 34.4 Å². The molecule has 3 rings (SSSR count). The molecule has 0 unspecified atom stereocenters. The first-order valence-electron chi connectivity index (χ1n) is 9.33. The van der Waals surface area contributed by atoms with Gasteiger partial charge in [0.05, 0.1) is 17.5 Å². The number of benzene rings is 2. The summed E-state index contributed by atoms with van der Waals surface area (Å²) in [5, 5.41) is 0.615. The zero-order valence-electron chi connectivity index (χ0n) is 15.7. The summed E-state index contributed by atoms with van der Waals surface area (Å²) in [7, 11) is 0. The molecule has 2 N–H and O–H groups in total. The second-order valence-corrected chi connectivity index (χ2v) is 7.04. The van der Waals surface area contributed by atoms with Crippen molar-refractivity contribution in [3.05, 3.63) is 64.9 Å². The van der Waals surface area contributed by atoms with Crippen LogP contribution in [0.4, 0.5) is 0 Å². The van der Waals surface area contributed by atoms with E-state index in [1.807, 2.05) is 28.8 Å². The number of hydrogen-bond acceptors (Lipinski definition) is 3. The van der Waals surface area contributed by atoms with Gasteiger partial charge in [0, 0.05) is 11.4 Å². The summed E-state index contributed by atoms with van der Waals surface area (Å²) in [5.41, 5.74) is 7.55. The van der Waals surface area contributed by atoms with Crippen LogP contribution in [0.2, 0.25) is 5.02 Å². The molecule has 0 saturated heterocycles. The van der Waals surface area contributed by atoms with Gasteiger partial charge in [0.1, 0.15) is 12.4 Å². The number of amides is 2. The molecule has 6 nitrogen and oxygen atoms in total. The van der Waals surface area contributed by atoms with Crippen molar-refractivity contribution in [1.82, 2.24) is 20.4 Å². The van der Waals surface area contributed by atoms with Gasteiger partial charge >= 0.3 is 0 Å². The van der Waals surface area contributed by atoms with Crippen LogP contribution in [0.1, 0.15) is 31.2 Å². The van der Waals surface area contributed by atoms with E-state index in [1.54, 1.807) is 24.3 Å². The van der Waals surface area contributed by atoms with Gasteiger partial charge in [-0.15, -0.1) is 0 Å². The van der Waals surface area contributed by atoms with Crippen LogP contribution < -0.4 is 10.9 Å². The number of fused-ring (bicyclic) bond motifs is 1. The first-order chi connectivity index (χ1) is 13.6. The van der Waals surface area contributed by atoms with E-state index in [-0.39, 0.29) is 24.8 Å². The van der Waals surface area contributed by atoms with E-state index in [2.05, 4.69) is 22.8 Å². The number of nitrogens with one attached hydrogen (secondary N) is 2. The van der Waals surface area contributed by atoms with Crippen LogP contribution in [0.25, 0.3) is 11.0 Å². The molecule has 0 atom stereocenters. The summed E-state index contributed by atoms with van der Waals surface area (Å²) in [4.78, 5) is 29.1. The summed E-state index contributed by atoms with van der Waals surface area (Å²) in [6, 6.07) is 14.8. The van der Waals surface area contributed by atoms with Gasteiger partial charge in [-0.25, -0.2) is 4.98 Å². The predicted molar refractivity (Wildman–Crippen MR) is 110 cm³/mol. The minimum Gasteiger partial charge on any atom is -0.318 e. The molecule has 7 heteroatoms. The van der Waals surface area contributed by atoms with Crippen molar-refractivity contribution in [2.75, 3.05) is 0 Å². The normalized spacial score (nSPS) is 10.8. The third-order valence-electron chi connectivity index (χ3n) is 4.41. The second kappa shape index (κ2) is 9.37. The molecule has 2 amide bonds. The smallest absolute Gasteiger partial charge is 0.258 e. The van der Waals surface area contributed by atoms with Crippen LogP contribution in [0.3, 0.4) is 0 Å². The highest BCUT2D eigenvalue weighted by molar-refractivity contribution is 6.30. The molecule has 0 bridgehead atoms. The van der Waals surface area contributed by atoms with Gasteiger partial charge in [-0.3, -0.25) is 20.4 Å². The summed E-state index contributed by atoms with van der Waals surface area (Å²) in [6.07, 6.45) is 3.02. The minimum atomic E-state index is -0.301. The number of halogens is 1. The number of nitrogens with zero attached hydrogens (tertiary/aromatic N) is 2. The minimum absolute atomic E-state index is 0.0980. The number of hydrazine groups is 1. The Labute approximate surface area is 168 Å². The highest BCUT2D eigenvalue weighted by Gasteiger charge is 2.14. The summed E-state index contributed by atoms with van der Waals surface area (Å²) in [6.45, 7) is 2.22. The van der Waals surface area contributed by atoms with E-state index >= 15 is 0 Å². The monoisotopic (exact) mass is 398 g/mol. The van der Waals surface area contributed by atoms with Gasteiger partial charge in [-0.05, 0) is 36.2 Å².